The average Bonchev–Trinajstić information content (AvgIpc) is 3.14. The Balaban J connectivity index is 1.54. The van der Waals surface area contributed by atoms with Gasteiger partial charge in [0.1, 0.15) is 0 Å². The first-order valence-corrected chi connectivity index (χ1v) is 8.93. The molecule has 1 aliphatic rings. The van der Waals surface area contributed by atoms with Crippen LogP contribution in [-0.4, -0.2) is 17.9 Å². The number of benzene rings is 2. The lowest BCUT2D eigenvalue weighted by Crippen LogP contribution is -2.32. The highest BCUT2D eigenvalue weighted by atomic mass is 35.5. The summed E-state index contributed by atoms with van der Waals surface area (Å²) in [6, 6.07) is 14.4. The van der Waals surface area contributed by atoms with Gasteiger partial charge in [-0.1, -0.05) is 36.6 Å². The second-order valence-corrected chi connectivity index (χ2v) is 6.78. The van der Waals surface area contributed by atoms with Gasteiger partial charge in [-0.15, -0.1) is 0 Å². The standard InChI is InChI=1S/C20H21ClN2O2/c21-17-11-5-14(6-12-17)13-22-19(24)15-7-9-16(10-8-15)20(25)23-18-3-1-2-4-18/h5-12,18H,1-4,13H2,(H,22,24)(H,23,25). The van der Waals surface area contributed by atoms with Gasteiger partial charge in [0.2, 0.25) is 0 Å². The molecule has 0 bridgehead atoms. The number of hydrogen-bond acceptors (Lipinski definition) is 2. The van der Waals surface area contributed by atoms with Crippen LogP contribution in [0.2, 0.25) is 5.02 Å². The maximum absolute atomic E-state index is 12.2. The lowest BCUT2D eigenvalue weighted by molar-refractivity contribution is 0.0930. The summed E-state index contributed by atoms with van der Waals surface area (Å²) >= 11 is 5.84. The molecule has 4 nitrogen and oxygen atoms in total. The number of rotatable bonds is 5. The van der Waals surface area contributed by atoms with Gasteiger partial charge in [-0.3, -0.25) is 9.59 Å². The minimum atomic E-state index is -0.169. The number of nitrogens with one attached hydrogen (secondary N) is 2. The molecule has 2 aromatic rings. The molecule has 0 radical (unpaired) electrons. The molecule has 1 saturated carbocycles. The van der Waals surface area contributed by atoms with Crippen molar-refractivity contribution >= 4 is 23.4 Å². The molecule has 3 rings (SSSR count). The Labute approximate surface area is 152 Å². The van der Waals surface area contributed by atoms with Gasteiger partial charge in [0.15, 0.2) is 0 Å². The lowest BCUT2D eigenvalue weighted by atomic mass is 10.1. The summed E-state index contributed by atoms with van der Waals surface area (Å²) in [7, 11) is 0. The zero-order chi connectivity index (χ0) is 17.6. The number of halogens is 1. The molecule has 2 amide bonds. The van der Waals surface area contributed by atoms with Crippen LogP contribution < -0.4 is 10.6 Å². The number of amides is 2. The summed E-state index contributed by atoms with van der Waals surface area (Å²) in [5.74, 6) is -0.238. The molecular formula is C20H21ClN2O2. The zero-order valence-electron chi connectivity index (χ0n) is 13.9. The molecule has 0 unspecified atom stereocenters. The molecule has 1 fully saturated rings. The van der Waals surface area contributed by atoms with Crippen LogP contribution in [0.3, 0.4) is 0 Å². The van der Waals surface area contributed by atoms with Crippen molar-refractivity contribution in [2.45, 2.75) is 38.3 Å². The molecule has 0 aliphatic heterocycles. The summed E-state index contributed by atoms with van der Waals surface area (Å²) in [5, 5.41) is 6.57. The molecule has 130 valence electrons. The predicted octanol–water partition coefficient (Wildman–Crippen LogP) is 3.94. The van der Waals surface area contributed by atoms with Crippen LogP contribution >= 0.6 is 11.6 Å². The number of carbonyl (C=O) groups is 2. The van der Waals surface area contributed by atoms with Gasteiger partial charge in [-0.25, -0.2) is 0 Å². The largest absolute Gasteiger partial charge is 0.349 e. The summed E-state index contributed by atoms with van der Waals surface area (Å²) in [5.41, 5.74) is 2.10. The van der Waals surface area contributed by atoms with E-state index in [0.717, 1.165) is 18.4 Å². The Morgan fingerprint density at radius 3 is 2.04 bits per heavy atom. The van der Waals surface area contributed by atoms with E-state index in [1.165, 1.54) is 12.8 Å². The van der Waals surface area contributed by atoms with Gasteiger partial charge in [0.25, 0.3) is 11.8 Å². The summed E-state index contributed by atoms with van der Waals surface area (Å²) in [6.45, 7) is 0.430. The Hall–Kier alpha value is -2.33. The minimum absolute atomic E-state index is 0.0694. The van der Waals surface area contributed by atoms with E-state index in [4.69, 9.17) is 11.6 Å². The van der Waals surface area contributed by atoms with Crippen LogP contribution in [0.5, 0.6) is 0 Å². The molecule has 2 N–H and O–H groups in total. The van der Waals surface area contributed by atoms with Crippen LogP contribution in [0.1, 0.15) is 52.0 Å². The Bertz CT molecular complexity index is 735. The van der Waals surface area contributed by atoms with Crippen LogP contribution in [0.25, 0.3) is 0 Å². The van der Waals surface area contributed by atoms with E-state index in [0.29, 0.717) is 22.7 Å². The number of carbonyl (C=O) groups excluding carboxylic acids is 2. The quantitative estimate of drug-likeness (QED) is 0.852. The van der Waals surface area contributed by atoms with Crippen LogP contribution in [0.15, 0.2) is 48.5 Å². The maximum atomic E-state index is 12.2. The normalized spacial score (nSPS) is 14.3. The molecule has 1 aliphatic carbocycles. The predicted molar refractivity (Wildman–Crippen MR) is 98.8 cm³/mol. The molecular weight excluding hydrogens is 336 g/mol. The summed E-state index contributed by atoms with van der Waals surface area (Å²) in [4.78, 5) is 24.4. The molecule has 0 atom stereocenters. The van der Waals surface area contributed by atoms with Gasteiger partial charge >= 0.3 is 0 Å². The van der Waals surface area contributed by atoms with E-state index < -0.39 is 0 Å². The van der Waals surface area contributed by atoms with Gasteiger partial charge in [-0.2, -0.15) is 0 Å². The third-order valence-electron chi connectivity index (χ3n) is 4.47. The van der Waals surface area contributed by atoms with Crippen molar-refractivity contribution < 1.29 is 9.59 Å². The Kier molecular flexibility index (Phi) is 5.71. The van der Waals surface area contributed by atoms with Crippen LogP contribution in [0, 0.1) is 0 Å². The fraction of sp³-hybridized carbons (Fsp3) is 0.300. The van der Waals surface area contributed by atoms with E-state index in [-0.39, 0.29) is 17.9 Å². The highest BCUT2D eigenvalue weighted by Gasteiger charge is 2.18. The Morgan fingerprint density at radius 1 is 0.880 bits per heavy atom. The van der Waals surface area contributed by atoms with Crippen molar-refractivity contribution in [3.8, 4) is 0 Å². The average molecular weight is 357 g/mol. The first-order valence-electron chi connectivity index (χ1n) is 8.55. The third-order valence-corrected chi connectivity index (χ3v) is 4.72. The molecule has 0 spiro atoms. The fourth-order valence-electron chi connectivity index (χ4n) is 3.00. The van der Waals surface area contributed by atoms with Crippen molar-refractivity contribution in [1.82, 2.24) is 10.6 Å². The van der Waals surface area contributed by atoms with Crippen molar-refractivity contribution in [2.24, 2.45) is 0 Å². The monoisotopic (exact) mass is 356 g/mol. The second-order valence-electron chi connectivity index (χ2n) is 6.34. The summed E-state index contributed by atoms with van der Waals surface area (Å²) in [6.07, 6.45) is 4.46. The van der Waals surface area contributed by atoms with Crippen molar-refractivity contribution in [3.05, 3.63) is 70.2 Å². The second kappa shape index (κ2) is 8.17. The van der Waals surface area contributed by atoms with Gasteiger partial charge in [0.05, 0.1) is 0 Å². The molecule has 0 heterocycles. The highest BCUT2D eigenvalue weighted by Crippen LogP contribution is 2.18. The third kappa shape index (κ3) is 4.83. The van der Waals surface area contributed by atoms with E-state index in [9.17, 15) is 9.59 Å². The molecule has 0 saturated heterocycles. The van der Waals surface area contributed by atoms with E-state index in [2.05, 4.69) is 10.6 Å². The number of hydrogen-bond donors (Lipinski definition) is 2. The maximum Gasteiger partial charge on any atom is 0.251 e. The van der Waals surface area contributed by atoms with Gasteiger partial charge in [0, 0.05) is 28.7 Å². The first-order chi connectivity index (χ1) is 12.1. The summed E-state index contributed by atoms with van der Waals surface area (Å²) < 4.78 is 0. The molecule has 2 aromatic carbocycles. The van der Waals surface area contributed by atoms with Crippen molar-refractivity contribution in [2.75, 3.05) is 0 Å². The van der Waals surface area contributed by atoms with Gasteiger partial charge < -0.3 is 10.6 Å². The minimum Gasteiger partial charge on any atom is -0.349 e. The lowest BCUT2D eigenvalue weighted by Gasteiger charge is -2.12. The molecule has 5 heteroatoms. The van der Waals surface area contributed by atoms with Crippen LogP contribution in [0.4, 0.5) is 0 Å². The van der Waals surface area contributed by atoms with Crippen LogP contribution in [-0.2, 0) is 6.54 Å². The first kappa shape index (κ1) is 17.5. The van der Waals surface area contributed by atoms with Gasteiger partial charge in [-0.05, 0) is 54.8 Å². The molecule has 25 heavy (non-hydrogen) atoms. The topological polar surface area (TPSA) is 58.2 Å². The van der Waals surface area contributed by atoms with E-state index >= 15 is 0 Å². The Morgan fingerprint density at radius 2 is 1.44 bits per heavy atom. The zero-order valence-corrected chi connectivity index (χ0v) is 14.7. The van der Waals surface area contributed by atoms with Crippen molar-refractivity contribution in [1.29, 1.82) is 0 Å². The fourth-order valence-corrected chi connectivity index (χ4v) is 3.12. The highest BCUT2D eigenvalue weighted by molar-refractivity contribution is 6.30. The van der Waals surface area contributed by atoms with Crippen molar-refractivity contribution in [3.63, 3.8) is 0 Å². The van der Waals surface area contributed by atoms with E-state index in [1.54, 1.807) is 36.4 Å². The smallest absolute Gasteiger partial charge is 0.251 e. The SMILES string of the molecule is O=C(NCc1ccc(Cl)cc1)c1ccc(C(=O)NC2CCCC2)cc1. The van der Waals surface area contributed by atoms with E-state index in [1.807, 2.05) is 12.1 Å². The molecule has 0 aromatic heterocycles.